The minimum absolute atomic E-state index is 0.876. The van der Waals surface area contributed by atoms with E-state index in [0.717, 1.165) is 17.9 Å². The van der Waals surface area contributed by atoms with Gasteiger partial charge in [0.25, 0.3) is 0 Å². The summed E-state index contributed by atoms with van der Waals surface area (Å²) in [7, 11) is 0. The molecule has 1 aliphatic heterocycles. The molecule has 2 rings (SSSR count). The van der Waals surface area contributed by atoms with Crippen LogP contribution in [0.5, 0.6) is 0 Å². The van der Waals surface area contributed by atoms with Gasteiger partial charge in [0, 0.05) is 6.04 Å². The molecule has 1 aliphatic carbocycles. The minimum Gasteiger partial charge on any atom is -0.316 e. The average Bonchev–Trinajstić information content (AvgIpc) is 2.73. The predicted octanol–water partition coefficient (Wildman–Crippen LogP) is 0.594. The summed E-state index contributed by atoms with van der Waals surface area (Å²) in [4.78, 5) is 0. The van der Waals surface area contributed by atoms with Crippen molar-refractivity contribution in [3.8, 4) is 0 Å². The maximum Gasteiger partial charge on any atom is 0.00683 e. The van der Waals surface area contributed by atoms with Crippen LogP contribution in [0.25, 0.3) is 0 Å². The van der Waals surface area contributed by atoms with Crippen LogP contribution in [0.15, 0.2) is 0 Å². The first kappa shape index (κ1) is 7.56. The van der Waals surface area contributed by atoms with Crippen LogP contribution in [0.4, 0.5) is 0 Å². The molecule has 2 nitrogen and oxygen atoms in total. The lowest BCUT2D eigenvalue weighted by molar-refractivity contribution is 0.419. The van der Waals surface area contributed by atoms with E-state index in [1.54, 1.807) is 0 Å². The van der Waals surface area contributed by atoms with E-state index >= 15 is 0 Å². The maximum absolute atomic E-state index is 3.59. The Balaban J connectivity index is 1.67. The van der Waals surface area contributed by atoms with Gasteiger partial charge >= 0.3 is 0 Å². The van der Waals surface area contributed by atoms with E-state index in [1.807, 2.05) is 0 Å². The van der Waals surface area contributed by atoms with Gasteiger partial charge in [-0.3, -0.25) is 0 Å². The Morgan fingerprint density at radius 3 is 2.73 bits per heavy atom. The molecule has 2 unspecified atom stereocenters. The lowest BCUT2D eigenvalue weighted by Crippen LogP contribution is -2.28. The summed E-state index contributed by atoms with van der Waals surface area (Å²) in [5.74, 6) is 1.76. The fourth-order valence-electron chi connectivity index (χ4n) is 1.74. The zero-order valence-electron chi connectivity index (χ0n) is 7.27. The summed E-state index contributed by atoms with van der Waals surface area (Å²) in [6.07, 6.45) is 2.82. The number of hydrogen-bond donors (Lipinski definition) is 2. The molecule has 0 amide bonds. The van der Waals surface area contributed by atoms with Crippen molar-refractivity contribution in [1.82, 2.24) is 10.6 Å². The van der Waals surface area contributed by atoms with Gasteiger partial charge in [0.2, 0.25) is 0 Å². The van der Waals surface area contributed by atoms with E-state index in [4.69, 9.17) is 0 Å². The van der Waals surface area contributed by atoms with E-state index in [0.29, 0.717) is 0 Å². The largest absolute Gasteiger partial charge is 0.316 e. The van der Waals surface area contributed by atoms with Crippen molar-refractivity contribution in [2.24, 2.45) is 11.8 Å². The van der Waals surface area contributed by atoms with Crippen LogP contribution >= 0.6 is 0 Å². The number of hydrogen-bond acceptors (Lipinski definition) is 2. The normalized spacial score (nSPS) is 37.9. The Morgan fingerprint density at radius 1 is 1.36 bits per heavy atom. The molecule has 2 atom stereocenters. The second-order valence-electron chi connectivity index (χ2n) is 4.08. The third kappa shape index (κ3) is 1.94. The molecule has 2 aliphatic rings. The van der Waals surface area contributed by atoms with E-state index in [2.05, 4.69) is 17.6 Å². The quantitative estimate of drug-likeness (QED) is 0.622. The summed E-state index contributed by atoms with van der Waals surface area (Å²) in [6.45, 7) is 6.02. The van der Waals surface area contributed by atoms with Gasteiger partial charge in [-0.25, -0.2) is 0 Å². The second kappa shape index (κ2) is 3.11. The average molecular weight is 154 g/mol. The van der Waals surface area contributed by atoms with Crippen LogP contribution in [-0.4, -0.2) is 25.7 Å². The van der Waals surface area contributed by atoms with Gasteiger partial charge in [-0.1, -0.05) is 6.92 Å². The highest BCUT2D eigenvalue weighted by atomic mass is 15.0. The van der Waals surface area contributed by atoms with Gasteiger partial charge in [-0.05, 0) is 44.3 Å². The summed E-state index contributed by atoms with van der Waals surface area (Å²) in [6, 6.07) is 0.878. The number of nitrogens with one attached hydrogen (secondary N) is 2. The van der Waals surface area contributed by atoms with Gasteiger partial charge in [0.05, 0.1) is 0 Å². The molecule has 0 aromatic heterocycles. The van der Waals surface area contributed by atoms with Crippen molar-refractivity contribution in [2.45, 2.75) is 25.8 Å². The van der Waals surface area contributed by atoms with Crippen LogP contribution in [0.2, 0.25) is 0 Å². The molecule has 0 aromatic carbocycles. The van der Waals surface area contributed by atoms with Crippen molar-refractivity contribution < 1.29 is 0 Å². The van der Waals surface area contributed by atoms with Crippen LogP contribution in [-0.2, 0) is 0 Å². The first-order valence-corrected chi connectivity index (χ1v) is 4.80. The van der Waals surface area contributed by atoms with Gasteiger partial charge in [0.15, 0.2) is 0 Å². The van der Waals surface area contributed by atoms with Gasteiger partial charge in [-0.2, -0.15) is 0 Å². The van der Waals surface area contributed by atoms with Crippen molar-refractivity contribution in [2.75, 3.05) is 19.6 Å². The summed E-state index contributed by atoms with van der Waals surface area (Å²) in [5, 5.41) is 7.02. The monoisotopic (exact) mass is 154 g/mol. The molecular weight excluding hydrogens is 136 g/mol. The van der Waals surface area contributed by atoms with Gasteiger partial charge in [0.1, 0.15) is 0 Å². The Morgan fingerprint density at radius 2 is 2.18 bits per heavy atom. The van der Waals surface area contributed by atoms with Crippen molar-refractivity contribution in [1.29, 1.82) is 0 Å². The summed E-state index contributed by atoms with van der Waals surface area (Å²) in [5.41, 5.74) is 0. The molecule has 64 valence electrons. The highest BCUT2D eigenvalue weighted by molar-refractivity contribution is 4.85. The smallest absolute Gasteiger partial charge is 0.00683 e. The Bertz CT molecular complexity index is 132. The molecule has 0 radical (unpaired) electrons. The maximum atomic E-state index is 3.59. The fraction of sp³-hybridized carbons (Fsp3) is 1.00. The zero-order chi connectivity index (χ0) is 7.68. The molecule has 2 N–H and O–H groups in total. The molecule has 1 heterocycles. The lowest BCUT2D eigenvalue weighted by atomic mass is 9.98. The van der Waals surface area contributed by atoms with Crippen molar-refractivity contribution >= 4 is 0 Å². The van der Waals surface area contributed by atoms with E-state index in [9.17, 15) is 0 Å². The lowest BCUT2D eigenvalue weighted by Gasteiger charge is -2.14. The zero-order valence-corrected chi connectivity index (χ0v) is 7.27. The molecule has 1 saturated carbocycles. The van der Waals surface area contributed by atoms with E-state index in [1.165, 1.54) is 32.5 Å². The van der Waals surface area contributed by atoms with Crippen LogP contribution in [0.1, 0.15) is 19.8 Å². The third-order valence-corrected chi connectivity index (χ3v) is 2.92. The van der Waals surface area contributed by atoms with Gasteiger partial charge in [-0.15, -0.1) is 0 Å². The van der Waals surface area contributed by atoms with Crippen LogP contribution < -0.4 is 10.6 Å². The Kier molecular flexibility index (Phi) is 2.14. The first-order chi connectivity index (χ1) is 5.36. The fourth-order valence-corrected chi connectivity index (χ4v) is 1.74. The minimum atomic E-state index is 0.876. The predicted molar refractivity (Wildman–Crippen MR) is 46.5 cm³/mol. The van der Waals surface area contributed by atoms with Crippen molar-refractivity contribution in [3.63, 3.8) is 0 Å². The summed E-state index contributed by atoms with van der Waals surface area (Å²) < 4.78 is 0. The molecule has 2 fully saturated rings. The highest BCUT2D eigenvalue weighted by Gasteiger charge is 2.26. The molecule has 2 heteroatoms. The standard InChI is InChI=1S/C9H18N2/c1-7-4-10-5-8(7)6-11-9-2-3-9/h7-11H,2-6H2,1H3. The highest BCUT2D eigenvalue weighted by Crippen LogP contribution is 2.21. The molecular formula is C9H18N2. The van der Waals surface area contributed by atoms with Crippen LogP contribution in [0.3, 0.4) is 0 Å². The molecule has 1 saturated heterocycles. The number of rotatable bonds is 3. The Labute approximate surface area is 68.7 Å². The summed E-state index contributed by atoms with van der Waals surface area (Å²) >= 11 is 0. The molecule has 11 heavy (non-hydrogen) atoms. The third-order valence-electron chi connectivity index (χ3n) is 2.92. The molecule has 0 spiro atoms. The topological polar surface area (TPSA) is 24.1 Å². The Hall–Kier alpha value is -0.0800. The van der Waals surface area contributed by atoms with Gasteiger partial charge < -0.3 is 10.6 Å². The second-order valence-corrected chi connectivity index (χ2v) is 4.08. The van der Waals surface area contributed by atoms with Crippen molar-refractivity contribution in [3.05, 3.63) is 0 Å². The molecule has 0 bridgehead atoms. The van der Waals surface area contributed by atoms with E-state index in [-0.39, 0.29) is 0 Å². The first-order valence-electron chi connectivity index (χ1n) is 4.80. The SMILES string of the molecule is CC1CNCC1CNC1CC1. The van der Waals surface area contributed by atoms with Crippen LogP contribution in [0, 0.1) is 11.8 Å². The van der Waals surface area contributed by atoms with E-state index < -0.39 is 0 Å². The molecule has 0 aromatic rings.